The Labute approximate surface area is 117 Å². The van der Waals surface area contributed by atoms with E-state index in [2.05, 4.69) is 5.32 Å². The number of alkyl halides is 3. The zero-order chi connectivity index (χ0) is 14.4. The van der Waals surface area contributed by atoms with Crippen molar-refractivity contribution < 1.29 is 13.2 Å². The molecular weight excluding hydrogens is 263 g/mol. The lowest BCUT2D eigenvalue weighted by Gasteiger charge is -2.49. The van der Waals surface area contributed by atoms with Crippen molar-refractivity contribution in [3.05, 3.63) is 35.4 Å². The van der Waals surface area contributed by atoms with E-state index in [1.165, 1.54) is 18.9 Å². The van der Waals surface area contributed by atoms with Gasteiger partial charge in [0.1, 0.15) is 0 Å². The molecule has 0 unspecified atom stereocenters. The number of nitrogens with one attached hydrogen (secondary N) is 1. The number of likely N-dealkylation sites (N-methyl/N-ethyl adjacent to an activating group) is 1. The van der Waals surface area contributed by atoms with Crippen LogP contribution in [-0.4, -0.2) is 13.1 Å². The minimum Gasteiger partial charge on any atom is -0.316 e. The van der Waals surface area contributed by atoms with E-state index in [4.69, 9.17) is 0 Å². The summed E-state index contributed by atoms with van der Waals surface area (Å²) in [5.74, 6) is 0. The highest BCUT2D eigenvalue weighted by atomic mass is 19.4. The Bertz CT molecular complexity index is 495. The molecule has 2 saturated carbocycles. The third-order valence-corrected chi connectivity index (χ3v) is 4.90. The van der Waals surface area contributed by atoms with Gasteiger partial charge in [0.05, 0.1) is 5.56 Å². The summed E-state index contributed by atoms with van der Waals surface area (Å²) in [4.78, 5) is 0. The van der Waals surface area contributed by atoms with Crippen molar-refractivity contribution >= 4 is 0 Å². The summed E-state index contributed by atoms with van der Waals surface area (Å²) >= 11 is 0. The minimum absolute atomic E-state index is 0.0895. The molecule has 3 rings (SSSR count). The first-order chi connectivity index (χ1) is 9.39. The van der Waals surface area contributed by atoms with Crippen LogP contribution in [0.5, 0.6) is 0 Å². The van der Waals surface area contributed by atoms with Gasteiger partial charge in [-0.15, -0.1) is 0 Å². The minimum atomic E-state index is -4.25. The van der Waals surface area contributed by atoms with Crippen LogP contribution in [0.3, 0.4) is 0 Å². The molecule has 0 aliphatic heterocycles. The van der Waals surface area contributed by atoms with Gasteiger partial charge in [0.25, 0.3) is 0 Å². The van der Waals surface area contributed by atoms with Gasteiger partial charge in [-0.1, -0.05) is 25.1 Å². The van der Waals surface area contributed by atoms with Crippen LogP contribution in [0, 0.1) is 5.41 Å². The molecule has 1 N–H and O–H groups in total. The number of hydrogen-bond acceptors (Lipinski definition) is 1. The summed E-state index contributed by atoms with van der Waals surface area (Å²) in [5, 5.41) is 3.33. The van der Waals surface area contributed by atoms with Gasteiger partial charge in [-0.25, -0.2) is 0 Å². The molecule has 1 aromatic rings. The van der Waals surface area contributed by atoms with Crippen molar-refractivity contribution in [1.82, 2.24) is 5.32 Å². The van der Waals surface area contributed by atoms with Crippen molar-refractivity contribution in [3.8, 4) is 0 Å². The molecule has 4 heteroatoms. The molecule has 1 spiro atoms. The van der Waals surface area contributed by atoms with E-state index in [9.17, 15) is 13.2 Å². The molecule has 0 aromatic heterocycles. The molecule has 110 valence electrons. The highest BCUT2D eigenvalue weighted by Gasteiger charge is 2.61. The Balaban J connectivity index is 1.88. The Morgan fingerprint density at radius 2 is 1.90 bits per heavy atom. The zero-order valence-electron chi connectivity index (χ0n) is 11.7. The van der Waals surface area contributed by atoms with E-state index in [0.29, 0.717) is 5.41 Å². The predicted molar refractivity (Wildman–Crippen MR) is 72.6 cm³/mol. The smallest absolute Gasteiger partial charge is 0.316 e. The lowest BCUT2D eigenvalue weighted by molar-refractivity contribution is -0.137. The summed E-state index contributed by atoms with van der Waals surface area (Å²) in [7, 11) is 0. The maximum Gasteiger partial charge on any atom is 0.416 e. The highest BCUT2D eigenvalue weighted by Crippen LogP contribution is 2.68. The average Bonchev–Trinajstić information content (AvgIpc) is 3.14. The molecule has 1 nitrogen and oxygen atoms in total. The Morgan fingerprint density at radius 3 is 2.45 bits per heavy atom. The van der Waals surface area contributed by atoms with E-state index in [-0.39, 0.29) is 5.41 Å². The predicted octanol–water partition coefficient (Wildman–Crippen LogP) is 4.13. The van der Waals surface area contributed by atoms with Crippen LogP contribution in [0.25, 0.3) is 0 Å². The Kier molecular flexibility index (Phi) is 3.12. The number of benzene rings is 1. The van der Waals surface area contributed by atoms with E-state index in [1.807, 2.05) is 13.0 Å². The normalized spacial score (nSPS) is 22.6. The average molecular weight is 283 g/mol. The molecule has 0 saturated heterocycles. The maximum absolute atomic E-state index is 12.9. The first-order valence-corrected chi connectivity index (χ1v) is 7.28. The van der Waals surface area contributed by atoms with Crippen molar-refractivity contribution in [2.75, 3.05) is 13.1 Å². The standard InChI is InChI=1S/C16H20F3N/c1-2-20-11-15(9-14(10-15)6-7-14)12-4-3-5-13(8-12)16(17,18)19/h3-5,8,20H,2,6-7,9-11H2,1H3. The van der Waals surface area contributed by atoms with Gasteiger partial charge in [0, 0.05) is 12.0 Å². The van der Waals surface area contributed by atoms with E-state index >= 15 is 0 Å². The molecule has 0 bridgehead atoms. The second-order valence-electron chi connectivity index (χ2n) is 6.49. The molecule has 2 aliphatic rings. The van der Waals surface area contributed by atoms with Gasteiger partial charge in [0.2, 0.25) is 0 Å². The fraction of sp³-hybridized carbons (Fsp3) is 0.625. The number of rotatable bonds is 4. The molecule has 1 aromatic carbocycles. The first kappa shape index (κ1) is 13.9. The topological polar surface area (TPSA) is 12.0 Å². The highest BCUT2D eigenvalue weighted by molar-refractivity contribution is 5.37. The second-order valence-corrected chi connectivity index (χ2v) is 6.49. The quantitative estimate of drug-likeness (QED) is 0.876. The van der Waals surface area contributed by atoms with Gasteiger partial charge >= 0.3 is 6.18 Å². The summed E-state index contributed by atoms with van der Waals surface area (Å²) < 4.78 is 38.6. The lowest BCUT2D eigenvalue weighted by atomic mass is 9.56. The molecule has 0 atom stereocenters. The number of halogens is 3. The van der Waals surface area contributed by atoms with Crippen LogP contribution < -0.4 is 5.32 Å². The van der Waals surface area contributed by atoms with E-state index < -0.39 is 11.7 Å². The lowest BCUT2D eigenvalue weighted by Crippen LogP contribution is -2.49. The summed E-state index contributed by atoms with van der Waals surface area (Å²) in [5.41, 5.74) is 0.700. The van der Waals surface area contributed by atoms with Gasteiger partial charge in [0.15, 0.2) is 0 Å². The Hall–Kier alpha value is -1.03. The molecule has 0 heterocycles. The van der Waals surface area contributed by atoms with Crippen molar-refractivity contribution in [2.24, 2.45) is 5.41 Å². The fourth-order valence-corrected chi connectivity index (χ4v) is 3.74. The second kappa shape index (κ2) is 4.48. The van der Waals surface area contributed by atoms with Crippen LogP contribution >= 0.6 is 0 Å². The van der Waals surface area contributed by atoms with E-state index in [1.54, 1.807) is 6.07 Å². The molecular formula is C16H20F3N. The summed E-state index contributed by atoms with van der Waals surface area (Å²) in [6, 6.07) is 5.92. The molecule has 20 heavy (non-hydrogen) atoms. The number of hydrogen-bond donors (Lipinski definition) is 1. The Morgan fingerprint density at radius 1 is 1.20 bits per heavy atom. The summed E-state index contributed by atoms with van der Waals surface area (Å²) in [6.45, 7) is 3.67. The van der Waals surface area contributed by atoms with Gasteiger partial charge in [-0.3, -0.25) is 0 Å². The molecule has 2 fully saturated rings. The van der Waals surface area contributed by atoms with Crippen molar-refractivity contribution in [1.29, 1.82) is 0 Å². The first-order valence-electron chi connectivity index (χ1n) is 7.28. The van der Waals surface area contributed by atoms with Gasteiger partial charge < -0.3 is 5.32 Å². The molecule has 2 aliphatic carbocycles. The van der Waals surface area contributed by atoms with Gasteiger partial charge in [-0.2, -0.15) is 13.2 Å². The third-order valence-electron chi connectivity index (χ3n) is 4.90. The van der Waals surface area contributed by atoms with Crippen molar-refractivity contribution in [2.45, 2.75) is 44.2 Å². The molecule has 0 amide bonds. The van der Waals surface area contributed by atoms with E-state index in [0.717, 1.165) is 37.6 Å². The van der Waals surface area contributed by atoms with Crippen LogP contribution in [0.15, 0.2) is 24.3 Å². The van der Waals surface area contributed by atoms with Crippen molar-refractivity contribution in [3.63, 3.8) is 0 Å². The van der Waals surface area contributed by atoms with Crippen LogP contribution in [0.1, 0.15) is 43.7 Å². The van der Waals surface area contributed by atoms with Crippen LogP contribution in [0.4, 0.5) is 13.2 Å². The van der Waals surface area contributed by atoms with Crippen LogP contribution in [0.2, 0.25) is 0 Å². The monoisotopic (exact) mass is 283 g/mol. The molecule has 0 radical (unpaired) electrons. The van der Waals surface area contributed by atoms with Gasteiger partial charge in [-0.05, 0) is 49.3 Å². The third kappa shape index (κ3) is 2.34. The fourth-order valence-electron chi connectivity index (χ4n) is 3.74. The largest absolute Gasteiger partial charge is 0.416 e. The zero-order valence-corrected chi connectivity index (χ0v) is 11.7. The van der Waals surface area contributed by atoms with Crippen LogP contribution in [-0.2, 0) is 11.6 Å². The summed E-state index contributed by atoms with van der Waals surface area (Å²) in [6.07, 6.45) is 0.318. The maximum atomic E-state index is 12.9. The SMILES string of the molecule is CCNCC1(c2cccc(C(F)(F)F)c2)CC2(CC2)C1.